The Labute approximate surface area is 119 Å². The van der Waals surface area contributed by atoms with Crippen molar-refractivity contribution in [3.8, 4) is 0 Å². The molecule has 1 atom stereocenters. The van der Waals surface area contributed by atoms with Crippen LogP contribution in [0.15, 0.2) is 24.3 Å². The Morgan fingerprint density at radius 3 is 2.35 bits per heavy atom. The van der Waals surface area contributed by atoms with Crippen molar-refractivity contribution in [2.24, 2.45) is 0 Å². The zero-order chi connectivity index (χ0) is 14.5. The maximum absolute atomic E-state index is 11.6. The highest BCUT2D eigenvalue weighted by atomic mass is 16.6. The standard InChI is InChI=1S/C15H22N2O3/c1-3-20-15(19)17-10-8-16(9-11-17)14-6-4-13(5-7-14)12(2)18/h4-7,12,18H,3,8-11H2,1-2H3/t12-/m1/s1. The lowest BCUT2D eigenvalue weighted by molar-refractivity contribution is 0.105. The van der Waals surface area contributed by atoms with Crippen LogP contribution in [0, 0.1) is 0 Å². The summed E-state index contributed by atoms with van der Waals surface area (Å²) in [6.45, 7) is 6.94. The summed E-state index contributed by atoms with van der Waals surface area (Å²) in [5.74, 6) is 0. The lowest BCUT2D eigenvalue weighted by atomic mass is 10.1. The average molecular weight is 278 g/mol. The number of amides is 1. The van der Waals surface area contributed by atoms with E-state index in [1.165, 1.54) is 0 Å². The van der Waals surface area contributed by atoms with Crippen molar-refractivity contribution >= 4 is 11.8 Å². The van der Waals surface area contributed by atoms with Gasteiger partial charge in [0.05, 0.1) is 12.7 Å². The van der Waals surface area contributed by atoms with Gasteiger partial charge >= 0.3 is 6.09 Å². The van der Waals surface area contributed by atoms with Crippen LogP contribution in [0.2, 0.25) is 0 Å². The number of aliphatic hydroxyl groups is 1. The summed E-state index contributed by atoms with van der Waals surface area (Å²) in [5, 5.41) is 9.50. The van der Waals surface area contributed by atoms with Crippen LogP contribution in [0.5, 0.6) is 0 Å². The minimum atomic E-state index is -0.440. The van der Waals surface area contributed by atoms with Crippen LogP contribution in [-0.2, 0) is 4.74 Å². The fourth-order valence-corrected chi connectivity index (χ4v) is 2.33. The van der Waals surface area contributed by atoms with Gasteiger partial charge in [0.25, 0.3) is 0 Å². The van der Waals surface area contributed by atoms with Gasteiger partial charge in [-0.25, -0.2) is 4.79 Å². The van der Waals surface area contributed by atoms with Crippen LogP contribution in [0.3, 0.4) is 0 Å². The number of hydrogen-bond acceptors (Lipinski definition) is 4. The van der Waals surface area contributed by atoms with Crippen LogP contribution in [0.4, 0.5) is 10.5 Å². The van der Waals surface area contributed by atoms with E-state index in [-0.39, 0.29) is 6.09 Å². The minimum absolute atomic E-state index is 0.225. The maximum atomic E-state index is 11.6. The van der Waals surface area contributed by atoms with Crippen LogP contribution >= 0.6 is 0 Å². The largest absolute Gasteiger partial charge is 0.450 e. The first-order valence-corrected chi connectivity index (χ1v) is 7.06. The van der Waals surface area contributed by atoms with E-state index < -0.39 is 6.10 Å². The number of anilines is 1. The van der Waals surface area contributed by atoms with Crippen molar-refractivity contribution in [3.63, 3.8) is 0 Å². The lowest BCUT2D eigenvalue weighted by Gasteiger charge is -2.35. The molecule has 1 aromatic carbocycles. The predicted octanol–water partition coefficient (Wildman–Crippen LogP) is 2.02. The first-order chi connectivity index (χ1) is 9.61. The summed E-state index contributed by atoms with van der Waals surface area (Å²) in [6.07, 6.45) is -0.665. The van der Waals surface area contributed by atoms with Crippen molar-refractivity contribution in [1.82, 2.24) is 4.90 Å². The zero-order valence-corrected chi connectivity index (χ0v) is 12.1. The molecule has 20 heavy (non-hydrogen) atoms. The summed E-state index contributed by atoms with van der Waals surface area (Å²) in [5.41, 5.74) is 2.04. The third-order valence-corrected chi connectivity index (χ3v) is 3.55. The Morgan fingerprint density at radius 2 is 1.85 bits per heavy atom. The van der Waals surface area contributed by atoms with E-state index in [1.807, 2.05) is 31.2 Å². The molecule has 0 aliphatic carbocycles. The van der Waals surface area contributed by atoms with E-state index in [9.17, 15) is 9.90 Å². The van der Waals surface area contributed by atoms with Gasteiger partial charge in [-0.05, 0) is 31.5 Å². The lowest BCUT2D eigenvalue weighted by Crippen LogP contribution is -2.49. The number of benzene rings is 1. The fraction of sp³-hybridized carbons (Fsp3) is 0.533. The molecule has 1 saturated heterocycles. The molecule has 5 nitrogen and oxygen atoms in total. The van der Waals surface area contributed by atoms with Crippen LogP contribution in [0.1, 0.15) is 25.5 Å². The van der Waals surface area contributed by atoms with E-state index in [0.717, 1.165) is 24.3 Å². The molecule has 110 valence electrons. The SMILES string of the molecule is CCOC(=O)N1CCN(c2ccc([C@@H](C)O)cc2)CC1. The molecule has 0 aromatic heterocycles. The maximum Gasteiger partial charge on any atom is 0.409 e. The molecule has 0 unspecified atom stereocenters. The number of hydrogen-bond donors (Lipinski definition) is 1. The molecule has 1 amide bonds. The summed E-state index contributed by atoms with van der Waals surface area (Å²) in [4.78, 5) is 15.6. The topological polar surface area (TPSA) is 53.0 Å². The van der Waals surface area contributed by atoms with E-state index in [4.69, 9.17) is 4.74 Å². The molecule has 0 spiro atoms. The number of ether oxygens (including phenoxy) is 1. The predicted molar refractivity (Wildman–Crippen MR) is 77.9 cm³/mol. The van der Waals surface area contributed by atoms with Gasteiger partial charge in [-0.2, -0.15) is 0 Å². The average Bonchev–Trinajstić information content (AvgIpc) is 2.48. The molecule has 1 N–H and O–H groups in total. The van der Waals surface area contributed by atoms with Gasteiger partial charge in [0.2, 0.25) is 0 Å². The number of aliphatic hydroxyl groups excluding tert-OH is 1. The third kappa shape index (κ3) is 3.42. The smallest absolute Gasteiger partial charge is 0.409 e. The Hall–Kier alpha value is -1.75. The number of carbonyl (C=O) groups is 1. The second-order valence-electron chi connectivity index (χ2n) is 4.94. The van der Waals surface area contributed by atoms with Crippen molar-refractivity contribution in [1.29, 1.82) is 0 Å². The van der Waals surface area contributed by atoms with Crippen LogP contribution in [0.25, 0.3) is 0 Å². The van der Waals surface area contributed by atoms with Gasteiger partial charge in [0.15, 0.2) is 0 Å². The second kappa shape index (κ2) is 6.61. The molecule has 0 radical (unpaired) electrons. The molecule has 1 aliphatic rings. The van der Waals surface area contributed by atoms with Gasteiger partial charge in [-0.3, -0.25) is 0 Å². The van der Waals surface area contributed by atoms with Crippen LogP contribution in [-0.4, -0.2) is 48.9 Å². The molecule has 1 aromatic rings. The number of rotatable bonds is 3. The number of carbonyl (C=O) groups excluding carboxylic acids is 1. The molecule has 1 fully saturated rings. The molecular formula is C15H22N2O3. The quantitative estimate of drug-likeness (QED) is 0.919. The number of piperazine rings is 1. The highest BCUT2D eigenvalue weighted by molar-refractivity contribution is 5.68. The van der Waals surface area contributed by atoms with E-state index in [2.05, 4.69) is 4.90 Å². The van der Waals surface area contributed by atoms with E-state index in [0.29, 0.717) is 19.7 Å². The molecule has 2 rings (SSSR count). The highest BCUT2D eigenvalue weighted by Gasteiger charge is 2.21. The van der Waals surface area contributed by atoms with Crippen molar-refractivity contribution in [3.05, 3.63) is 29.8 Å². The molecule has 5 heteroatoms. The Morgan fingerprint density at radius 1 is 1.25 bits per heavy atom. The first kappa shape index (κ1) is 14.7. The summed E-state index contributed by atoms with van der Waals surface area (Å²) in [7, 11) is 0. The normalized spacial score (nSPS) is 16.9. The molecule has 1 heterocycles. The van der Waals surface area contributed by atoms with Crippen LogP contribution < -0.4 is 4.90 Å². The van der Waals surface area contributed by atoms with Gasteiger partial charge in [0, 0.05) is 31.9 Å². The van der Waals surface area contributed by atoms with Gasteiger partial charge in [-0.1, -0.05) is 12.1 Å². The highest BCUT2D eigenvalue weighted by Crippen LogP contribution is 2.20. The second-order valence-corrected chi connectivity index (χ2v) is 4.94. The Bertz CT molecular complexity index is 437. The molecule has 1 aliphatic heterocycles. The Balaban J connectivity index is 1.91. The molecular weight excluding hydrogens is 256 g/mol. The van der Waals surface area contributed by atoms with E-state index >= 15 is 0 Å². The van der Waals surface area contributed by atoms with Gasteiger partial charge < -0.3 is 19.6 Å². The molecule has 0 saturated carbocycles. The van der Waals surface area contributed by atoms with E-state index in [1.54, 1.807) is 11.8 Å². The van der Waals surface area contributed by atoms with Crippen molar-refractivity contribution < 1.29 is 14.6 Å². The van der Waals surface area contributed by atoms with Gasteiger partial charge in [0.1, 0.15) is 0 Å². The first-order valence-electron chi connectivity index (χ1n) is 7.06. The van der Waals surface area contributed by atoms with Crippen molar-refractivity contribution in [2.75, 3.05) is 37.7 Å². The number of nitrogens with zero attached hydrogens (tertiary/aromatic N) is 2. The fourth-order valence-electron chi connectivity index (χ4n) is 2.33. The minimum Gasteiger partial charge on any atom is -0.450 e. The van der Waals surface area contributed by atoms with Gasteiger partial charge in [-0.15, -0.1) is 0 Å². The Kier molecular flexibility index (Phi) is 4.84. The third-order valence-electron chi connectivity index (χ3n) is 3.55. The summed E-state index contributed by atoms with van der Waals surface area (Å²) in [6, 6.07) is 7.92. The molecule has 0 bridgehead atoms. The monoisotopic (exact) mass is 278 g/mol. The van der Waals surface area contributed by atoms with Crippen molar-refractivity contribution in [2.45, 2.75) is 20.0 Å². The summed E-state index contributed by atoms with van der Waals surface area (Å²) >= 11 is 0. The zero-order valence-electron chi connectivity index (χ0n) is 12.1. The summed E-state index contributed by atoms with van der Waals surface area (Å²) < 4.78 is 5.01.